The molecule has 31 heavy (non-hydrogen) atoms. The van der Waals surface area contributed by atoms with Gasteiger partial charge in [-0.1, -0.05) is 0 Å². The highest BCUT2D eigenvalue weighted by Gasteiger charge is 2.93. The van der Waals surface area contributed by atoms with Crippen molar-refractivity contribution < 1.29 is 92.2 Å². The van der Waals surface area contributed by atoms with Crippen molar-refractivity contribution >= 4 is 7.92 Å². The van der Waals surface area contributed by atoms with E-state index in [4.69, 9.17) is 0 Å². The minimum atomic E-state index is -8.86. The van der Waals surface area contributed by atoms with E-state index in [1.807, 2.05) is 0 Å². The Morgan fingerprint density at radius 3 is 0.484 bits per heavy atom. The molecular weight excluding hydrogens is 538 g/mol. The SMILES string of the molecule is FC(F)(F)C(F)(F)C(F)(F)P(C(F)(F)C(F)(F)C(F)(F)F)C(F)(F)C(F)(F)C(F)(F)F. The van der Waals surface area contributed by atoms with Gasteiger partial charge in [-0.2, -0.15) is 92.2 Å². The van der Waals surface area contributed by atoms with E-state index in [-0.39, 0.29) is 0 Å². The highest BCUT2D eigenvalue weighted by Crippen LogP contribution is 2.82. The maximum absolute atomic E-state index is 13.4. The predicted molar refractivity (Wildman–Crippen MR) is 54.8 cm³/mol. The molecule has 0 aromatic heterocycles. The van der Waals surface area contributed by atoms with Crippen molar-refractivity contribution in [1.29, 1.82) is 0 Å². The molecule has 0 aliphatic heterocycles. The van der Waals surface area contributed by atoms with Gasteiger partial charge in [-0.25, -0.2) is 0 Å². The van der Waals surface area contributed by atoms with Crippen LogP contribution in [0.1, 0.15) is 0 Å². The molecule has 0 heterocycles. The van der Waals surface area contributed by atoms with Crippen LogP contribution in [0, 0.1) is 0 Å². The Morgan fingerprint density at radius 2 is 0.387 bits per heavy atom. The van der Waals surface area contributed by atoms with Crippen LogP contribution in [0.3, 0.4) is 0 Å². The lowest BCUT2D eigenvalue weighted by Crippen LogP contribution is -2.63. The first-order chi connectivity index (χ1) is 12.9. The lowest BCUT2D eigenvalue weighted by molar-refractivity contribution is -0.355. The molecule has 0 amide bonds. The molecule has 0 bridgehead atoms. The molecule has 0 nitrogen and oxygen atoms in total. The maximum Gasteiger partial charge on any atom is 0.460 e. The van der Waals surface area contributed by atoms with Crippen molar-refractivity contribution in [3.8, 4) is 0 Å². The van der Waals surface area contributed by atoms with E-state index in [2.05, 4.69) is 0 Å². The van der Waals surface area contributed by atoms with E-state index >= 15 is 0 Å². The van der Waals surface area contributed by atoms with Crippen LogP contribution >= 0.6 is 7.92 Å². The third kappa shape index (κ3) is 4.18. The summed E-state index contributed by atoms with van der Waals surface area (Å²) >= 11 is 0. The third-order valence-corrected chi connectivity index (χ3v) is 5.57. The summed E-state index contributed by atoms with van der Waals surface area (Å²) in [7, 11) is -8.86. The molecule has 0 aliphatic rings. The summed E-state index contributed by atoms with van der Waals surface area (Å²) < 4.78 is 265. The summed E-state index contributed by atoms with van der Waals surface area (Å²) in [5, 5.41) is 0. The third-order valence-electron chi connectivity index (χ3n) is 3.04. The number of hydrogen-bond donors (Lipinski definition) is 0. The lowest BCUT2D eigenvalue weighted by atomic mass is 10.3. The molecule has 0 aliphatic carbocycles. The number of hydrogen-bond acceptors (Lipinski definition) is 0. The summed E-state index contributed by atoms with van der Waals surface area (Å²) in [5.74, 6) is -25.5. The fraction of sp³-hybridized carbons (Fsp3) is 1.00. The minimum absolute atomic E-state index is 8.08. The van der Waals surface area contributed by atoms with Gasteiger partial charge < -0.3 is 0 Å². The van der Waals surface area contributed by atoms with Crippen LogP contribution in [0.4, 0.5) is 92.2 Å². The molecule has 188 valence electrons. The smallest absolute Gasteiger partial charge is 0.194 e. The zero-order valence-electron chi connectivity index (χ0n) is 12.9. The van der Waals surface area contributed by atoms with E-state index in [0.29, 0.717) is 0 Å². The van der Waals surface area contributed by atoms with Crippen LogP contribution in [-0.4, -0.2) is 53.3 Å². The van der Waals surface area contributed by atoms with E-state index in [0.717, 1.165) is 0 Å². The maximum atomic E-state index is 13.4. The molecular formula is C9F21P. The van der Waals surface area contributed by atoms with Crippen LogP contribution in [0.15, 0.2) is 0 Å². The normalized spacial score (nSPS) is 16.8. The van der Waals surface area contributed by atoms with Crippen molar-refractivity contribution in [2.75, 3.05) is 0 Å². The van der Waals surface area contributed by atoms with E-state index in [9.17, 15) is 92.2 Å². The topological polar surface area (TPSA) is 0 Å². The highest BCUT2D eigenvalue weighted by atomic mass is 31.1. The Kier molecular flexibility index (Phi) is 6.99. The number of rotatable bonds is 6. The van der Waals surface area contributed by atoms with E-state index in [1.54, 1.807) is 0 Å². The fourth-order valence-corrected chi connectivity index (χ4v) is 3.74. The van der Waals surface area contributed by atoms with Crippen LogP contribution in [-0.2, 0) is 0 Å². The highest BCUT2D eigenvalue weighted by molar-refractivity contribution is 7.61. The summed E-state index contributed by atoms with van der Waals surface area (Å²) in [6.45, 7) is 0. The van der Waals surface area contributed by atoms with Crippen molar-refractivity contribution in [2.24, 2.45) is 0 Å². The van der Waals surface area contributed by atoms with Crippen molar-refractivity contribution in [3.05, 3.63) is 0 Å². The lowest BCUT2D eigenvalue weighted by Gasteiger charge is -2.45. The minimum Gasteiger partial charge on any atom is -0.194 e. The first-order valence-corrected chi connectivity index (χ1v) is 7.48. The molecule has 0 aromatic rings. The molecule has 0 fully saturated rings. The summed E-state index contributed by atoms with van der Waals surface area (Å²) in [6, 6.07) is 0. The van der Waals surface area contributed by atoms with Gasteiger partial charge in [-0.15, -0.1) is 0 Å². The molecule has 0 N–H and O–H groups in total. The van der Waals surface area contributed by atoms with Crippen molar-refractivity contribution in [2.45, 2.75) is 53.3 Å². The standard InChI is InChI=1S/C9F21P/c10-1(11,4(16,17)18)7(25,26)31(8(27,28)2(12,13)5(19,20)21)9(29,30)3(14,15)6(22,23)24. The van der Waals surface area contributed by atoms with Gasteiger partial charge in [0, 0.05) is 0 Å². The van der Waals surface area contributed by atoms with Crippen LogP contribution < -0.4 is 0 Å². The molecule has 0 saturated heterocycles. The van der Waals surface area contributed by atoms with Crippen LogP contribution in [0.5, 0.6) is 0 Å². The van der Waals surface area contributed by atoms with Gasteiger partial charge in [0.15, 0.2) is 0 Å². The number of halogens is 21. The summed E-state index contributed by atoms with van der Waals surface area (Å²) in [6.07, 6.45) is -24.2. The molecule has 22 heteroatoms. The zero-order valence-corrected chi connectivity index (χ0v) is 13.8. The largest absolute Gasteiger partial charge is 0.460 e. The van der Waals surface area contributed by atoms with Gasteiger partial charge in [0.25, 0.3) is 0 Å². The molecule has 0 spiro atoms. The van der Waals surface area contributed by atoms with E-state index in [1.165, 1.54) is 0 Å². The van der Waals surface area contributed by atoms with Crippen molar-refractivity contribution in [3.63, 3.8) is 0 Å². The van der Waals surface area contributed by atoms with Gasteiger partial charge in [0.1, 0.15) is 7.92 Å². The Morgan fingerprint density at radius 1 is 0.258 bits per heavy atom. The molecule has 0 atom stereocenters. The van der Waals surface area contributed by atoms with Gasteiger partial charge in [-0.05, 0) is 0 Å². The Balaban J connectivity index is 7.52. The molecule has 0 rings (SSSR count). The first kappa shape index (κ1) is 30.0. The fourth-order valence-electron chi connectivity index (χ4n) is 1.46. The summed E-state index contributed by atoms with van der Waals surface area (Å²) in [4.78, 5) is 0. The Bertz CT molecular complexity index is 555. The van der Waals surface area contributed by atoms with E-state index < -0.39 is 61.2 Å². The first-order valence-electron chi connectivity index (χ1n) is 6.14. The van der Waals surface area contributed by atoms with Gasteiger partial charge >= 0.3 is 53.3 Å². The quantitative estimate of drug-likeness (QED) is 0.239. The average molecular weight is 538 g/mol. The second-order valence-electron chi connectivity index (χ2n) is 5.18. The second-order valence-corrected chi connectivity index (χ2v) is 7.53. The zero-order chi connectivity index (χ0) is 26.1. The second kappa shape index (κ2) is 7.23. The van der Waals surface area contributed by atoms with Crippen LogP contribution in [0.25, 0.3) is 0 Å². The molecule has 0 radical (unpaired) electrons. The summed E-state index contributed by atoms with van der Waals surface area (Å²) in [5.41, 5.74) is -26.2. The van der Waals surface area contributed by atoms with Gasteiger partial charge in [0.05, 0.1) is 0 Å². The number of alkyl halides is 21. The van der Waals surface area contributed by atoms with Gasteiger partial charge in [-0.3, -0.25) is 0 Å². The van der Waals surface area contributed by atoms with Crippen molar-refractivity contribution in [1.82, 2.24) is 0 Å². The molecule has 0 saturated carbocycles. The average Bonchev–Trinajstić information content (AvgIpc) is 2.41. The Labute approximate surface area is 155 Å². The monoisotopic (exact) mass is 538 g/mol. The van der Waals surface area contributed by atoms with Gasteiger partial charge in [0.2, 0.25) is 0 Å². The predicted octanol–water partition coefficient (Wildman–Crippen LogP) is 7.84. The molecule has 0 unspecified atom stereocenters. The molecule has 0 aromatic carbocycles. The van der Waals surface area contributed by atoms with Crippen LogP contribution in [0.2, 0.25) is 0 Å². The Hall–Kier alpha value is -1.04.